The van der Waals surface area contributed by atoms with E-state index in [2.05, 4.69) is 125 Å². The summed E-state index contributed by atoms with van der Waals surface area (Å²) in [5.74, 6) is -0.287. The van der Waals surface area contributed by atoms with E-state index >= 15 is 0 Å². The van der Waals surface area contributed by atoms with Gasteiger partial charge in [0.2, 0.25) is 0 Å². The fourth-order valence-corrected chi connectivity index (χ4v) is 15.6. The highest BCUT2D eigenvalue weighted by atomic mass is 28.4. The molecule has 0 N–H and O–H groups in total. The van der Waals surface area contributed by atoms with Crippen molar-refractivity contribution in [2.75, 3.05) is 13.2 Å². The average Bonchev–Trinajstić information content (AvgIpc) is 3.55. The maximum atomic E-state index is 12.6. The zero-order valence-electron chi connectivity index (χ0n) is 39.3. The second-order valence-electron chi connectivity index (χ2n) is 20.0. The monoisotopic (exact) mass is 904 g/mol. The standard InChI is InChI=1S/C55H72O9Si/c1-40(56)60-47-30-31-48-49(62-46(47)29-19-35-59-65(54(2,3)4,44-25-14-8-15-26-44)45-27-16-9-17-28-45)32-33-55(5)52(63-48)37-51-53(64-55)50(58-39-42-22-12-7-13-23-42)36-43(61-51)24-18-34-57-38-41-20-10-6-11-21-41/h6-17,20-23,25-28,43,46-53H,18-19,24,29-39H2,1-5H3/t43-,46?,47?,48-,49+,50+,51-,52+,53+,55-/m1/s1. The molecular weight excluding hydrogens is 833 g/mol. The summed E-state index contributed by atoms with van der Waals surface area (Å²) in [4.78, 5) is 12.6. The molecule has 0 bridgehead atoms. The van der Waals surface area contributed by atoms with Gasteiger partial charge in [-0.3, -0.25) is 4.79 Å². The van der Waals surface area contributed by atoms with Crippen LogP contribution in [-0.4, -0.2) is 88.0 Å². The number of ether oxygens (including phenoxy) is 7. The molecule has 4 saturated heterocycles. The van der Waals surface area contributed by atoms with Gasteiger partial charge in [-0.25, -0.2) is 0 Å². The van der Waals surface area contributed by atoms with Gasteiger partial charge in [-0.05, 0) is 84.8 Å². The van der Waals surface area contributed by atoms with Crippen LogP contribution in [0.3, 0.4) is 0 Å². The summed E-state index contributed by atoms with van der Waals surface area (Å²) >= 11 is 0. The summed E-state index contributed by atoms with van der Waals surface area (Å²) in [5.41, 5.74) is 1.79. The van der Waals surface area contributed by atoms with Gasteiger partial charge in [0.1, 0.15) is 12.2 Å². The first kappa shape index (κ1) is 47.8. The SMILES string of the molecule is CC(=O)OC1CC[C@H]2O[C@H]3C[C@H]4O[C@H](CCCOCc5ccccc5)C[C@H](OCc5ccccc5)[C@@H]4O[C@]3(C)CC[C@@H]2OC1CCCO[Si](c1ccccc1)(c1ccccc1)C(C)(C)C. The van der Waals surface area contributed by atoms with E-state index in [1.54, 1.807) is 0 Å². The normalized spacial score (nSPS) is 29.3. The molecule has 350 valence electrons. The molecule has 0 amide bonds. The van der Waals surface area contributed by atoms with Crippen LogP contribution in [0.4, 0.5) is 0 Å². The Morgan fingerprint density at radius 2 is 1.28 bits per heavy atom. The van der Waals surface area contributed by atoms with Crippen molar-refractivity contribution in [3.05, 3.63) is 132 Å². The molecule has 4 aromatic rings. The minimum Gasteiger partial charge on any atom is -0.460 e. The lowest BCUT2D eigenvalue weighted by molar-refractivity contribution is -0.298. The molecule has 4 aromatic carbocycles. The fraction of sp³-hybridized carbons (Fsp3) is 0.545. The lowest BCUT2D eigenvalue weighted by Crippen LogP contribution is -2.66. The first-order valence-electron chi connectivity index (χ1n) is 24.3. The molecule has 2 unspecified atom stereocenters. The number of benzene rings is 4. The van der Waals surface area contributed by atoms with Gasteiger partial charge in [-0.15, -0.1) is 0 Å². The summed E-state index contributed by atoms with van der Waals surface area (Å²) in [5, 5.41) is 2.40. The maximum Gasteiger partial charge on any atom is 0.302 e. The Bertz CT molecular complexity index is 2010. The van der Waals surface area contributed by atoms with Crippen molar-refractivity contribution in [1.82, 2.24) is 0 Å². The Kier molecular flexibility index (Phi) is 16.1. The highest BCUT2D eigenvalue weighted by Crippen LogP contribution is 2.46. The highest BCUT2D eigenvalue weighted by Gasteiger charge is 2.55. The predicted molar refractivity (Wildman–Crippen MR) is 256 cm³/mol. The van der Waals surface area contributed by atoms with Crippen LogP contribution in [-0.2, 0) is 55.6 Å². The zero-order chi connectivity index (χ0) is 45.3. The van der Waals surface area contributed by atoms with E-state index in [0.717, 1.165) is 50.5 Å². The van der Waals surface area contributed by atoms with Crippen molar-refractivity contribution < 1.29 is 42.4 Å². The lowest BCUT2D eigenvalue weighted by Gasteiger charge is -2.52. The molecule has 9 nitrogen and oxygen atoms in total. The summed E-state index contributed by atoms with van der Waals surface area (Å²) in [7, 11) is -2.70. The van der Waals surface area contributed by atoms with E-state index in [4.69, 9.17) is 37.6 Å². The Hall–Kier alpha value is -3.71. The molecule has 4 aliphatic heterocycles. The molecular formula is C55H72O9Si. The van der Waals surface area contributed by atoms with Crippen molar-refractivity contribution in [2.24, 2.45) is 0 Å². The van der Waals surface area contributed by atoms with Crippen LogP contribution in [0.5, 0.6) is 0 Å². The van der Waals surface area contributed by atoms with E-state index in [1.807, 2.05) is 24.3 Å². The Labute approximate surface area is 388 Å². The largest absolute Gasteiger partial charge is 0.460 e. The topological polar surface area (TPSA) is 90.9 Å². The van der Waals surface area contributed by atoms with Gasteiger partial charge in [0.25, 0.3) is 8.32 Å². The van der Waals surface area contributed by atoms with Crippen LogP contribution in [0.1, 0.15) is 110 Å². The minimum absolute atomic E-state index is 0.0240. The quantitative estimate of drug-likeness (QED) is 0.0584. The van der Waals surface area contributed by atoms with Crippen molar-refractivity contribution in [1.29, 1.82) is 0 Å². The molecule has 0 aromatic heterocycles. The number of hydrogen-bond donors (Lipinski definition) is 0. The smallest absolute Gasteiger partial charge is 0.302 e. The molecule has 0 saturated carbocycles. The van der Waals surface area contributed by atoms with Gasteiger partial charge in [0.05, 0.1) is 61.5 Å². The molecule has 0 aliphatic carbocycles. The summed E-state index contributed by atoms with van der Waals surface area (Å²) < 4.78 is 54.5. The second kappa shape index (κ2) is 21.9. The van der Waals surface area contributed by atoms with Crippen LogP contribution >= 0.6 is 0 Å². The molecule has 4 heterocycles. The van der Waals surface area contributed by atoms with Crippen LogP contribution in [0.15, 0.2) is 121 Å². The summed E-state index contributed by atoms with van der Waals surface area (Å²) in [6.45, 7) is 13.0. The summed E-state index contributed by atoms with van der Waals surface area (Å²) in [6, 6.07) is 42.2. The molecule has 10 heteroatoms. The number of fused-ring (bicyclic) bond motifs is 3. The van der Waals surface area contributed by atoms with Gasteiger partial charge in [0.15, 0.2) is 0 Å². The van der Waals surface area contributed by atoms with Gasteiger partial charge < -0.3 is 37.6 Å². The molecule has 10 atom stereocenters. The fourth-order valence-electron chi connectivity index (χ4n) is 10.9. The third-order valence-electron chi connectivity index (χ3n) is 14.2. The molecule has 4 fully saturated rings. The van der Waals surface area contributed by atoms with E-state index in [-0.39, 0.29) is 65.9 Å². The van der Waals surface area contributed by atoms with Gasteiger partial charge in [0, 0.05) is 33.0 Å². The van der Waals surface area contributed by atoms with E-state index in [9.17, 15) is 4.79 Å². The number of hydrogen-bond acceptors (Lipinski definition) is 9. The second-order valence-corrected chi connectivity index (χ2v) is 24.3. The Morgan fingerprint density at radius 3 is 1.91 bits per heavy atom. The van der Waals surface area contributed by atoms with E-state index in [0.29, 0.717) is 45.7 Å². The Morgan fingerprint density at radius 1 is 0.677 bits per heavy atom. The predicted octanol–water partition coefficient (Wildman–Crippen LogP) is 9.66. The number of carbonyl (C=O) groups is 1. The van der Waals surface area contributed by atoms with Gasteiger partial charge in [-0.2, -0.15) is 0 Å². The molecule has 4 aliphatic rings. The van der Waals surface area contributed by atoms with Crippen LogP contribution in [0.25, 0.3) is 0 Å². The zero-order valence-corrected chi connectivity index (χ0v) is 40.3. The number of carbonyl (C=O) groups excluding carboxylic acids is 1. The number of esters is 1. The summed E-state index contributed by atoms with van der Waals surface area (Å²) in [6.07, 6.45) is 6.03. The van der Waals surface area contributed by atoms with E-state index in [1.165, 1.54) is 22.9 Å². The first-order valence-corrected chi connectivity index (χ1v) is 26.3. The van der Waals surface area contributed by atoms with E-state index < -0.39 is 13.9 Å². The molecule has 0 spiro atoms. The van der Waals surface area contributed by atoms with Crippen LogP contribution in [0, 0.1) is 0 Å². The Balaban J connectivity index is 0.938. The van der Waals surface area contributed by atoms with Crippen LogP contribution < -0.4 is 10.4 Å². The molecule has 8 rings (SSSR count). The third kappa shape index (κ3) is 11.7. The van der Waals surface area contributed by atoms with Gasteiger partial charge in [-0.1, -0.05) is 142 Å². The van der Waals surface area contributed by atoms with Crippen LogP contribution in [0.2, 0.25) is 5.04 Å². The van der Waals surface area contributed by atoms with Gasteiger partial charge >= 0.3 is 5.97 Å². The number of rotatable bonds is 17. The first-order chi connectivity index (χ1) is 31.5. The molecule has 65 heavy (non-hydrogen) atoms. The third-order valence-corrected chi connectivity index (χ3v) is 19.3. The van der Waals surface area contributed by atoms with Crippen molar-refractivity contribution in [2.45, 2.75) is 178 Å². The van der Waals surface area contributed by atoms with Crippen molar-refractivity contribution >= 4 is 24.7 Å². The van der Waals surface area contributed by atoms with Crippen molar-refractivity contribution in [3.63, 3.8) is 0 Å². The van der Waals surface area contributed by atoms with Crippen molar-refractivity contribution in [3.8, 4) is 0 Å². The highest BCUT2D eigenvalue weighted by molar-refractivity contribution is 6.99. The lowest BCUT2D eigenvalue weighted by atomic mass is 9.81. The maximum absolute atomic E-state index is 12.6. The minimum atomic E-state index is -2.70. The molecule has 0 radical (unpaired) electrons. The average molecular weight is 905 g/mol.